The number of aliphatic hydroxyl groups excluding tert-OH is 1. The first kappa shape index (κ1) is 12.9. The van der Waals surface area contributed by atoms with Crippen LogP contribution in [0.25, 0.3) is 0 Å². The van der Waals surface area contributed by atoms with E-state index in [9.17, 15) is 0 Å². The fourth-order valence-corrected chi connectivity index (χ4v) is 1.29. The van der Waals surface area contributed by atoms with Crippen molar-refractivity contribution in [1.82, 2.24) is 5.32 Å². The molecular formula is C11H25NO. The summed E-state index contributed by atoms with van der Waals surface area (Å²) in [6.07, 6.45) is 6.00. The second-order valence-corrected chi connectivity index (χ2v) is 4.07. The predicted molar refractivity (Wildman–Crippen MR) is 57.9 cm³/mol. The minimum Gasteiger partial charge on any atom is -0.396 e. The molecule has 0 amide bonds. The second-order valence-electron chi connectivity index (χ2n) is 4.07. The van der Waals surface area contributed by atoms with E-state index in [2.05, 4.69) is 19.2 Å². The first-order chi connectivity index (χ1) is 6.27. The molecule has 0 saturated carbocycles. The molecule has 80 valence electrons. The Labute approximate surface area is 82.7 Å². The number of nitrogens with one attached hydrogen (secondary N) is 1. The molecular weight excluding hydrogens is 162 g/mol. The summed E-state index contributed by atoms with van der Waals surface area (Å²) in [5.74, 6) is 0.842. The molecule has 0 unspecified atom stereocenters. The molecule has 0 fully saturated rings. The third-order valence-electron chi connectivity index (χ3n) is 2.15. The molecule has 0 bridgehead atoms. The number of unbranched alkanes of at least 4 members (excludes halogenated alkanes) is 2. The normalized spacial score (nSPS) is 11.1. The van der Waals surface area contributed by atoms with Crippen molar-refractivity contribution in [2.75, 3.05) is 19.7 Å². The molecule has 0 aromatic carbocycles. The summed E-state index contributed by atoms with van der Waals surface area (Å²) < 4.78 is 0. The first-order valence-electron chi connectivity index (χ1n) is 5.59. The van der Waals surface area contributed by atoms with Gasteiger partial charge in [0.1, 0.15) is 0 Å². The van der Waals surface area contributed by atoms with Gasteiger partial charge in [-0.2, -0.15) is 0 Å². The Hall–Kier alpha value is -0.0800. The molecule has 0 aromatic heterocycles. The summed E-state index contributed by atoms with van der Waals surface area (Å²) in [7, 11) is 0. The van der Waals surface area contributed by atoms with Gasteiger partial charge in [0.2, 0.25) is 0 Å². The van der Waals surface area contributed by atoms with E-state index in [1.165, 1.54) is 19.3 Å². The van der Waals surface area contributed by atoms with Gasteiger partial charge in [0.05, 0.1) is 0 Å². The standard InChI is InChI=1S/C11H25NO/c1-11(2)7-3-4-8-12-9-5-6-10-13/h11-13H,3-10H2,1-2H3. The Morgan fingerprint density at radius 2 is 1.62 bits per heavy atom. The fraction of sp³-hybridized carbons (Fsp3) is 1.00. The Balaban J connectivity index is 2.84. The molecule has 0 aromatic rings. The Bertz CT molecular complexity index is 94.1. The highest BCUT2D eigenvalue weighted by Gasteiger charge is 1.93. The lowest BCUT2D eigenvalue weighted by atomic mass is 10.1. The van der Waals surface area contributed by atoms with Crippen molar-refractivity contribution in [3.63, 3.8) is 0 Å². The van der Waals surface area contributed by atoms with Crippen molar-refractivity contribution in [2.45, 2.75) is 46.0 Å². The maximum absolute atomic E-state index is 8.54. The molecule has 0 aliphatic carbocycles. The van der Waals surface area contributed by atoms with Crippen LogP contribution in [0.1, 0.15) is 46.0 Å². The average Bonchev–Trinajstić information content (AvgIpc) is 2.09. The van der Waals surface area contributed by atoms with Crippen LogP contribution >= 0.6 is 0 Å². The zero-order chi connectivity index (χ0) is 9.94. The maximum atomic E-state index is 8.54. The smallest absolute Gasteiger partial charge is 0.0431 e. The quantitative estimate of drug-likeness (QED) is 0.542. The van der Waals surface area contributed by atoms with Crippen LogP contribution in [0.3, 0.4) is 0 Å². The monoisotopic (exact) mass is 187 g/mol. The Morgan fingerprint density at radius 3 is 2.15 bits per heavy atom. The van der Waals surface area contributed by atoms with E-state index < -0.39 is 0 Å². The number of hydrogen-bond donors (Lipinski definition) is 2. The number of hydrogen-bond acceptors (Lipinski definition) is 2. The second kappa shape index (κ2) is 10.0. The molecule has 0 radical (unpaired) electrons. The molecule has 0 aliphatic rings. The summed E-state index contributed by atoms with van der Waals surface area (Å²) in [5.41, 5.74) is 0. The van der Waals surface area contributed by atoms with Gasteiger partial charge in [0, 0.05) is 6.61 Å². The molecule has 0 heterocycles. The van der Waals surface area contributed by atoms with Crippen LogP contribution in [0.5, 0.6) is 0 Å². The first-order valence-corrected chi connectivity index (χ1v) is 5.59. The van der Waals surface area contributed by atoms with Crippen LogP contribution in [0.15, 0.2) is 0 Å². The van der Waals surface area contributed by atoms with Crippen molar-refractivity contribution in [3.05, 3.63) is 0 Å². The zero-order valence-corrected chi connectivity index (χ0v) is 9.18. The van der Waals surface area contributed by atoms with Gasteiger partial charge in [-0.25, -0.2) is 0 Å². The number of rotatable bonds is 9. The number of aliphatic hydroxyl groups is 1. The van der Waals surface area contributed by atoms with Crippen molar-refractivity contribution in [1.29, 1.82) is 0 Å². The summed E-state index contributed by atoms with van der Waals surface area (Å²) >= 11 is 0. The summed E-state index contributed by atoms with van der Waals surface area (Å²) in [6.45, 7) is 7.07. The van der Waals surface area contributed by atoms with E-state index in [1.807, 2.05) is 0 Å². The van der Waals surface area contributed by atoms with Crippen molar-refractivity contribution >= 4 is 0 Å². The van der Waals surface area contributed by atoms with E-state index in [0.29, 0.717) is 6.61 Å². The largest absolute Gasteiger partial charge is 0.396 e. The molecule has 0 saturated heterocycles. The minimum absolute atomic E-state index is 0.328. The van der Waals surface area contributed by atoms with Crippen molar-refractivity contribution in [2.24, 2.45) is 5.92 Å². The highest BCUT2D eigenvalue weighted by atomic mass is 16.2. The summed E-state index contributed by atoms with van der Waals surface area (Å²) in [5, 5.41) is 11.9. The van der Waals surface area contributed by atoms with Gasteiger partial charge < -0.3 is 10.4 Å². The molecule has 2 N–H and O–H groups in total. The third-order valence-corrected chi connectivity index (χ3v) is 2.15. The van der Waals surface area contributed by atoms with E-state index >= 15 is 0 Å². The van der Waals surface area contributed by atoms with Gasteiger partial charge >= 0.3 is 0 Å². The van der Waals surface area contributed by atoms with Crippen LogP contribution < -0.4 is 5.32 Å². The van der Waals surface area contributed by atoms with Gasteiger partial charge in [0.15, 0.2) is 0 Å². The molecule has 0 spiro atoms. The fourth-order valence-electron chi connectivity index (χ4n) is 1.29. The van der Waals surface area contributed by atoms with Crippen molar-refractivity contribution in [3.8, 4) is 0 Å². The lowest BCUT2D eigenvalue weighted by Gasteiger charge is -2.05. The Morgan fingerprint density at radius 1 is 1.00 bits per heavy atom. The van der Waals surface area contributed by atoms with E-state index in [4.69, 9.17) is 5.11 Å². The molecule has 0 atom stereocenters. The van der Waals surface area contributed by atoms with Gasteiger partial charge in [-0.05, 0) is 38.3 Å². The van der Waals surface area contributed by atoms with E-state index in [-0.39, 0.29) is 0 Å². The summed E-state index contributed by atoms with van der Waals surface area (Å²) in [6, 6.07) is 0. The third kappa shape index (κ3) is 11.9. The molecule has 0 aliphatic heterocycles. The van der Waals surface area contributed by atoms with Crippen LogP contribution in [0, 0.1) is 5.92 Å². The van der Waals surface area contributed by atoms with Gasteiger partial charge in [-0.15, -0.1) is 0 Å². The van der Waals surface area contributed by atoms with Crippen LogP contribution in [0.2, 0.25) is 0 Å². The highest BCUT2D eigenvalue weighted by Crippen LogP contribution is 2.04. The molecule has 13 heavy (non-hydrogen) atoms. The van der Waals surface area contributed by atoms with Crippen LogP contribution in [-0.4, -0.2) is 24.8 Å². The molecule has 0 rings (SSSR count). The van der Waals surface area contributed by atoms with Crippen molar-refractivity contribution < 1.29 is 5.11 Å². The highest BCUT2D eigenvalue weighted by molar-refractivity contribution is 4.51. The van der Waals surface area contributed by atoms with E-state index in [1.54, 1.807) is 0 Å². The minimum atomic E-state index is 0.328. The molecule has 2 nitrogen and oxygen atoms in total. The summed E-state index contributed by atoms with van der Waals surface area (Å²) in [4.78, 5) is 0. The predicted octanol–water partition coefficient (Wildman–Crippen LogP) is 2.17. The molecule has 2 heteroatoms. The van der Waals surface area contributed by atoms with Gasteiger partial charge in [-0.3, -0.25) is 0 Å². The van der Waals surface area contributed by atoms with E-state index in [0.717, 1.165) is 31.8 Å². The van der Waals surface area contributed by atoms with Crippen LogP contribution in [-0.2, 0) is 0 Å². The van der Waals surface area contributed by atoms with Crippen LogP contribution in [0.4, 0.5) is 0 Å². The van der Waals surface area contributed by atoms with Gasteiger partial charge in [-0.1, -0.05) is 26.7 Å². The lowest BCUT2D eigenvalue weighted by molar-refractivity contribution is 0.283. The van der Waals surface area contributed by atoms with Gasteiger partial charge in [0.25, 0.3) is 0 Å². The average molecular weight is 187 g/mol. The lowest BCUT2D eigenvalue weighted by Crippen LogP contribution is -2.16. The Kier molecular flexibility index (Phi) is 9.94. The topological polar surface area (TPSA) is 32.3 Å². The maximum Gasteiger partial charge on any atom is 0.0431 e. The zero-order valence-electron chi connectivity index (χ0n) is 9.18. The SMILES string of the molecule is CC(C)CCCCNCCCCO.